The van der Waals surface area contributed by atoms with Crippen molar-refractivity contribution in [2.75, 3.05) is 18.4 Å². The Labute approximate surface area is 226 Å². The van der Waals surface area contributed by atoms with Crippen molar-refractivity contribution in [3.8, 4) is 0 Å². The summed E-state index contributed by atoms with van der Waals surface area (Å²) in [5, 5.41) is 4.28. The van der Waals surface area contributed by atoms with Gasteiger partial charge in [-0.3, -0.25) is 14.4 Å². The first-order chi connectivity index (χ1) is 18.7. The third-order valence-electron chi connectivity index (χ3n) is 6.35. The molecule has 0 fully saturated rings. The molecule has 0 spiro atoms. The molecule has 9 nitrogen and oxygen atoms in total. The molecule has 1 atom stereocenters. The maximum Gasteiger partial charge on any atom is 0.291 e. The van der Waals surface area contributed by atoms with Crippen LogP contribution in [0.3, 0.4) is 0 Å². The monoisotopic (exact) mass is 547 g/mol. The van der Waals surface area contributed by atoms with Crippen LogP contribution in [-0.4, -0.2) is 44.1 Å². The zero-order chi connectivity index (χ0) is 28.0. The molecule has 10 heteroatoms. The second-order valence-corrected chi connectivity index (χ2v) is 10.6. The maximum absolute atomic E-state index is 13.3. The van der Waals surface area contributed by atoms with E-state index in [1.54, 1.807) is 62.4 Å². The number of sulfonamides is 1. The summed E-state index contributed by atoms with van der Waals surface area (Å²) in [6, 6.07) is 21.6. The van der Waals surface area contributed by atoms with E-state index >= 15 is 0 Å². The Morgan fingerprint density at radius 1 is 0.872 bits per heavy atom. The zero-order valence-corrected chi connectivity index (χ0v) is 22.4. The molecule has 0 saturated heterocycles. The van der Waals surface area contributed by atoms with Crippen LogP contribution in [0.25, 0.3) is 10.8 Å². The van der Waals surface area contributed by atoms with Gasteiger partial charge >= 0.3 is 0 Å². The number of anilines is 1. The summed E-state index contributed by atoms with van der Waals surface area (Å²) in [5.41, 5.74) is 1.12. The number of benzene rings is 3. The fraction of sp³-hybridized carbons (Fsp3) is 0.207. The minimum atomic E-state index is -4.23. The predicted molar refractivity (Wildman–Crippen MR) is 148 cm³/mol. The van der Waals surface area contributed by atoms with Gasteiger partial charge < -0.3 is 14.6 Å². The van der Waals surface area contributed by atoms with Crippen LogP contribution in [0.1, 0.15) is 30.0 Å². The van der Waals surface area contributed by atoms with Crippen LogP contribution < -0.4 is 10.0 Å². The van der Waals surface area contributed by atoms with Crippen LogP contribution in [0.4, 0.5) is 5.69 Å². The predicted octanol–water partition coefficient (Wildman–Crippen LogP) is 4.22. The van der Waals surface area contributed by atoms with Gasteiger partial charge in [-0.1, -0.05) is 42.5 Å². The van der Waals surface area contributed by atoms with E-state index in [1.807, 2.05) is 12.1 Å². The summed E-state index contributed by atoms with van der Waals surface area (Å²) in [7, 11) is -4.23. The van der Waals surface area contributed by atoms with Gasteiger partial charge in [0.05, 0.1) is 11.2 Å². The van der Waals surface area contributed by atoms with E-state index in [2.05, 4.69) is 10.0 Å². The summed E-state index contributed by atoms with van der Waals surface area (Å²) in [6.45, 7) is 4.32. The average Bonchev–Trinajstić information content (AvgIpc) is 3.48. The molecule has 0 aliphatic heterocycles. The molecule has 0 bridgehead atoms. The highest BCUT2D eigenvalue weighted by molar-refractivity contribution is 7.90. The lowest BCUT2D eigenvalue weighted by Gasteiger charge is -2.24. The highest BCUT2D eigenvalue weighted by Gasteiger charge is 2.33. The van der Waals surface area contributed by atoms with Gasteiger partial charge in [-0.15, -0.1) is 0 Å². The van der Waals surface area contributed by atoms with Crippen molar-refractivity contribution < 1.29 is 27.2 Å². The third kappa shape index (κ3) is 6.53. The number of carbonyl (C=O) groups excluding carboxylic acids is 3. The van der Waals surface area contributed by atoms with Crippen molar-refractivity contribution in [2.45, 2.75) is 25.2 Å². The Balaban J connectivity index is 1.54. The van der Waals surface area contributed by atoms with Crippen molar-refractivity contribution in [2.24, 2.45) is 5.92 Å². The summed E-state index contributed by atoms with van der Waals surface area (Å²) < 4.78 is 33.4. The van der Waals surface area contributed by atoms with Crippen LogP contribution in [0, 0.1) is 5.92 Å². The minimum absolute atomic E-state index is 0.0270. The van der Waals surface area contributed by atoms with Crippen LogP contribution in [-0.2, 0) is 26.0 Å². The highest BCUT2D eigenvalue weighted by Crippen LogP contribution is 2.21. The number of fused-ring (bicyclic) bond motifs is 1. The number of furan rings is 1. The number of hydrogen-bond donors (Lipinski definition) is 2. The van der Waals surface area contributed by atoms with E-state index in [0.717, 1.165) is 5.39 Å². The first kappa shape index (κ1) is 27.6. The molecule has 0 aliphatic rings. The van der Waals surface area contributed by atoms with Crippen molar-refractivity contribution in [3.63, 3.8) is 0 Å². The first-order valence-corrected chi connectivity index (χ1v) is 14.0. The molecule has 0 saturated carbocycles. The van der Waals surface area contributed by atoms with E-state index in [-0.39, 0.29) is 17.1 Å². The minimum Gasteiger partial charge on any atom is -0.459 e. The van der Waals surface area contributed by atoms with Crippen molar-refractivity contribution in [3.05, 3.63) is 96.4 Å². The molecule has 2 N–H and O–H groups in total. The molecule has 4 aromatic rings. The van der Waals surface area contributed by atoms with Gasteiger partial charge in [-0.05, 0) is 73.0 Å². The Kier molecular flexibility index (Phi) is 8.46. The fourth-order valence-corrected chi connectivity index (χ4v) is 5.26. The van der Waals surface area contributed by atoms with Crippen LogP contribution in [0.2, 0.25) is 0 Å². The molecule has 3 amide bonds. The Morgan fingerprint density at radius 3 is 2.21 bits per heavy atom. The van der Waals surface area contributed by atoms with Crippen molar-refractivity contribution in [1.82, 2.24) is 9.62 Å². The standard InChI is InChI=1S/C29H29N3O6S/c1-3-32(4-2)29(35)25(18-20-11-14-23(15-12-20)30-28(34)26-10-7-17-38-26)27(33)31-39(36,37)24-16-13-21-8-5-6-9-22(21)19-24/h5-17,19,25H,3-4,18H2,1-2H3,(H,30,34)(H,31,33)/t25-/m1/s1. The molecule has 39 heavy (non-hydrogen) atoms. The first-order valence-electron chi connectivity index (χ1n) is 12.5. The topological polar surface area (TPSA) is 126 Å². The number of nitrogens with one attached hydrogen (secondary N) is 2. The van der Waals surface area contributed by atoms with Crippen LogP contribution >= 0.6 is 0 Å². The largest absolute Gasteiger partial charge is 0.459 e. The molecule has 202 valence electrons. The molecule has 1 heterocycles. The van der Waals surface area contributed by atoms with E-state index in [4.69, 9.17) is 4.42 Å². The van der Waals surface area contributed by atoms with Gasteiger partial charge in [0.15, 0.2) is 5.76 Å². The molecule has 1 aromatic heterocycles. The lowest BCUT2D eigenvalue weighted by molar-refractivity contribution is -0.141. The molecule has 0 radical (unpaired) electrons. The van der Waals surface area contributed by atoms with Crippen molar-refractivity contribution >= 4 is 44.2 Å². The molecular formula is C29H29N3O6S. The van der Waals surface area contributed by atoms with E-state index in [0.29, 0.717) is 29.7 Å². The Bertz CT molecular complexity index is 1580. The summed E-state index contributed by atoms with van der Waals surface area (Å²) in [5.74, 6) is -2.91. The average molecular weight is 548 g/mol. The van der Waals surface area contributed by atoms with E-state index in [1.165, 1.54) is 29.4 Å². The zero-order valence-electron chi connectivity index (χ0n) is 21.6. The Morgan fingerprint density at radius 2 is 1.56 bits per heavy atom. The van der Waals surface area contributed by atoms with E-state index < -0.39 is 33.7 Å². The summed E-state index contributed by atoms with van der Waals surface area (Å²) >= 11 is 0. The van der Waals surface area contributed by atoms with Crippen LogP contribution in [0.15, 0.2) is 94.4 Å². The normalized spacial score (nSPS) is 12.1. The summed E-state index contributed by atoms with van der Waals surface area (Å²) in [6.07, 6.45) is 1.37. The van der Waals surface area contributed by atoms with E-state index in [9.17, 15) is 22.8 Å². The van der Waals surface area contributed by atoms with Gasteiger partial charge in [0.1, 0.15) is 5.92 Å². The van der Waals surface area contributed by atoms with Gasteiger partial charge in [0.25, 0.3) is 15.9 Å². The molecule has 3 aromatic carbocycles. The second kappa shape index (κ2) is 12.0. The molecular weight excluding hydrogens is 518 g/mol. The number of nitrogens with zero attached hydrogens (tertiary/aromatic N) is 1. The lowest BCUT2D eigenvalue weighted by Crippen LogP contribution is -2.46. The number of hydrogen-bond acceptors (Lipinski definition) is 6. The number of rotatable bonds is 10. The third-order valence-corrected chi connectivity index (χ3v) is 7.70. The smallest absolute Gasteiger partial charge is 0.291 e. The molecule has 0 unspecified atom stereocenters. The Hall–Kier alpha value is -4.44. The van der Waals surface area contributed by atoms with Crippen molar-refractivity contribution in [1.29, 1.82) is 0 Å². The SMILES string of the molecule is CCN(CC)C(=O)[C@H](Cc1ccc(NC(=O)c2ccco2)cc1)C(=O)NS(=O)(=O)c1ccc2ccccc2c1. The highest BCUT2D eigenvalue weighted by atomic mass is 32.2. The number of amides is 3. The van der Waals surface area contributed by atoms with Gasteiger partial charge in [-0.25, -0.2) is 13.1 Å². The quantitative estimate of drug-likeness (QED) is 0.287. The second-order valence-electron chi connectivity index (χ2n) is 8.87. The van der Waals surface area contributed by atoms with Gasteiger partial charge in [-0.2, -0.15) is 0 Å². The summed E-state index contributed by atoms with van der Waals surface area (Å²) in [4.78, 5) is 40.2. The maximum atomic E-state index is 13.3. The number of carbonyl (C=O) groups is 3. The van der Waals surface area contributed by atoms with Gasteiger partial charge in [0, 0.05) is 18.8 Å². The van der Waals surface area contributed by atoms with Gasteiger partial charge in [0.2, 0.25) is 11.8 Å². The fourth-order valence-electron chi connectivity index (χ4n) is 4.21. The molecule has 0 aliphatic carbocycles. The lowest BCUT2D eigenvalue weighted by atomic mass is 9.97. The molecule has 4 rings (SSSR count). The van der Waals surface area contributed by atoms with Crippen LogP contribution in [0.5, 0.6) is 0 Å².